The fraction of sp³-hybridized carbons (Fsp3) is 0.133. The van der Waals surface area contributed by atoms with Gasteiger partial charge in [-0.1, -0.05) is 40.2 Å². The molecule has 1 aliphatic heterocycles. The number of ether oxygens (including phenoxy) is 1. The minimum atomic E-state index is -0.354. The van der Waals surface area contributed by atoms with Gasteiger partial charge < -0.3 is 4.74 Å². The zero-order chi connectivity index (χ0) is 13.2. The molecular formula is C15H12BrNO2. The van der Waals surface area contributed by atoms with Crippen molar-refractivity contribution in [2.24, 2.45) is 0 Å². The van der Waals surface area contributed by atoms with Crippen LogP contribution in [0.2, 0.25) is 0 Å². The molecule has 0 saturated heterocycles. The van der Waals surface area contributed by atoms with Gasteiger partial charge in [0.15, 0.2) is 6.23 Å². The lowest BCUT2D eigenvalue weighted by Crippen LogP contribution is -2.19. The van der Waals surface area contributed by atoms with Crippen LogP contribution in [-0.4, -0.2) is 5.97 Å². The molecule has 2 aromatic carbocycles. The van der Waals surface area contributed by atoms with E-state index in [0.29, 0.717) is 5.56 Å². The second kappa shape index (κ2) is 5.15. The fourth-order valence-corrected chi connectivity index (χ4v) is 2.39. The van der Waals surface area contributed by atoms with Crippen LogP contribution in [0, 0.1) is 0 Å². The predicted octanol–water partition coefficient (Wildman–Crippen LogP) is 3.41. The van der Waals surface area contributed by atoms with Crippen LogP contribution in [0.1, 0.15) is 27.7 Å². The van der Waals surface area contributed by atoms with E-state index in [1.807, 2.05) is 36.4 Å². The Balaban J connectivity index is 1.76. The molecule has 96 valence electrons. The highest BCUT2D eigenvalue weighted by atomic mass is 79.9. The number of fused-ring (bicyclic) bond motifs is 1. The molecule has 2 aromatic rings. The molecule has 1 aliphatic rings. The number of rotatable bonds is 2. The van der Waals surface area contributed by atoms with Crippen molar-refractivity contribution in [3.8, 4) is 0 Å². The van der Waals surface area contributed by atoms with Gasteiger partial charge in [0, 0.05) is 16.6 Å². The molecule has 1 N–H and O–H groups in total. The summed E-state index contributed by atoms with van der Waals surface area (Å²) >= 11 is 3.34. The molecule has 1 atom stereocenters. The van der Waals surface area contributed by atoms with Crippen molar-refractivity contribution < 1.29 is 9.53 Å². The van der Waals surface area contributed by atoms with E-state index in [1.165, 1.54) is 5.56 Å². The summed E-state index contributed by atoms with van der Waals surface area (Å²) in [4.78, 5) is 12.0. The van der Waals surface area contributed by atoms with Gasteiger partial charge in [-0.2, -0.15) is 0 Å². The highest BCUT2D eigenvalue weighted by Gasteiger charge is 2.24. The van der Waals surface area contributed by atoms with Crippen molar-refractivity contribution >= 4 is 21.9 Å². The summed E-state index contributed by atoms with van der Waals surface area (Å²) < 4.78 is 6.44. The molecule has 0 aromatic heterocycles. The number of esters is 1. The van der Waals surface area contributed by atoms with E-state index in [0.717, 1.165) is 16.6 Å². The Kier molecular flexibility index (Phi) is 3.36. The van der Waals surface area contributed by atoms with Gasteiger partial charge in [-0.15, -0.1) is 0 Å². The Bertz CT molecular complexity index is 610. The number of halogens is 1. The predicted molar refractivity (Wildman–Crippen MR) is 75.6 cm³/mol. The van der Waals surface area contributed by atoms with Crippen LogP contribution in [0.15, 0.2) is 53.0 Å². The molecule has 0 aliphatic carbocycles. The Hall–Kier alpha value is -1.65. The SMILES string of the molecule is O=C(OC1NCc2ccccc21)c1ccc(Br)cc1. The third kappa shape index (κ3) is 2.55. The van der Waals surface area contributed by atoms with E-state index in [2.05, 4.69) is 21.2 Å². The lowest BCUT2D eigenvalue weighted by Gasteiger charge is -2.13. The number of carbonyl (C=O) groups is 1. The van der Waals surface area contributed by atoms with Gasteiger partial charge in [0.1, 0.15) is 0 Å². The molecule has 0 radical (unpaired) electrons. The van der Waals surface area contributed by atoms with Gasteiger partial charge in [-0.25, -0.2) is 4.79 Å². The number of benzene rings is 2. The van der Waals surface area contributed by atoms with Crippen LogP contribution in [0.3, 0.4) is 0 Å². The van der Waals surface area contributed by atoms with Gasteiger partial charge in [0.2, 0.25) is 0 Å². The average molecular weight is 318 g/mol. The summed E-state index contributed by atoms with van der Waals surface area (Å²) in [6.45, 7) is 0.731. The molecule has 0 amide bonds. The Morgan fingerprint density at radius 2 is 1.89 bits per heavy atom. The molecule has 0 fully saturated rings. The first-order valence-electron chi connectivity index (χ1n) is 6.02. The van der Waals surface area contributed by atoms with E-state index in [1.54, 1.807) is 12.1 Å². The molecule has 4 heteroatoms. The highest BCUT2D eigenvalue weighted by Crippen LogP contribution is 2.26. The number of nitrogens with one attached hydrogen (secondary N) is 1. The summed E-state index contributed by atoms with van der Waals surface area (Å²) in [7, 11) is 0. The van der Waals surface area contributed by atoms with Gasteiger partial charge in [-0.3, -0.25) is 5.32 Å². The van der Waals surface area contributed by atoms with E-state index in [4.69, 9.17) is 4.74 Å². The minimum Gasteiger partial charge on any atom is -0.439 e. The molecule has 0 spiro atoms. The standard InChI is InChI=1S/C15H12BrNO2/c16-12-7-5-10(6-8-12)15(18)19-14-13-4-2-1-3-11(13)9-17-14/h1-8,14,17H,9H2. The molecule has 19 heavy (non-hydrogen) atoms. The molecule has 0 saturated carbocycles. The monoisotopic (exact) mass is 317 g/mol. The zero-order valence-electron chi connectivity index (χ0n) is 10.1. The molecular weight excluding hydrogens is 306 g/mol. The fourth-order valence-electron chi connectivity index (χ4n) is 2.13. The summed E-state index contributed by atoms with van der Waals surface area (Å²) in [5.74, 6) is -0.318. The topological polar surface area (TPSA) is 38.3 Å². The van der Waals surface area contributed by atoms with Crippen molar-refractivity contribution in [3.63, 3.8) is 0 Å². The Labute approximate surface area is 119 Å². The van der Waals surface area contributed by atoms with E-state index < -0.39 is 0 Å². The third-order valence-electron chi connectivity index (χ3n) is 3.12. The normalized spacial score (nSPS) is 17.0. The zero-order valence-corrected chi connectivity index (χ0v) is 11.7. The number of hydrogen-bond donors (Lipinski definition) is 1. The number of carbonyl (C=O) groups excluding carboxylic acids is 1. The molecule has 1 unspecified atom stereocenters. The van der Waals surface area contributed by atoms with Gasteiger partial charge in [0.25, 0.3) is 0 Å². The summed E-state index contributed by atoms with van der Waals surface area (Å²) in [6, 6.07) is 15.1. The Morgan fingerprint density at radius 1 is 1.16 bits per heavy atom. The highest BCUT2D eigenvalue weighted by molar-refractivity contribution is 9.10. The van der Waals surface area contributed by atoms with Crippen molar-refractivity contribution in [1.82, 2.24) is 5.32 Å². The van der Waals surface area contributed by atoms with Crippen LogP contribution in [0.4, 0.5) is 0 Å². The molecule has 3 nitrogen and oxygen atoms in total. The second-order valence-corrected chi connectivity index (χ2v) is 5.29. The van der Waals surface area contributed by atoms with Crippen molar-refractivity contribution in [1.29, 1.82) is 0 Å². The van der Waals surface area contributed by atoms with E-state index in [9.17, 15) is 4.79 Å². The lowest BCUT2D eigenvalue weighted by atomic mass is 10.1. The van der Waals surface area contributed by atoms with E-state index in [-0.39, 0.29) is 12.2 Å². The quantitative estimate of drug-likeness (QED) is 0.863. The number of hydrogen-bond acceptors (Lipinski definition) is 3. The largest absolute Gasteiger partial charge is 0.439 e. The van der Waals surface area contributed by atoms with E-state index >= 15 is 0 Å². The third-order valence-corrected chi connectivity index (χ3v) is 3.65. The average Bonchev–Trinajstić information content (AvgIpc) is 2.83. The first-order valence-corrected chi connectivity index (χ1v) is 6.81. The molecule has 0 bridgehead atoms. The van der Waals surface area contributed by atoms with Gasteiger partial charge in [0.05, 0.1) is 5.56 Å². The summed E-state index contributed by atoms with van der Waals surface area (Å²) in [5.41, 5.74) is 2.76. The minimum absolute atomic E-state index is 0.318. The molecule has 3 rings (SSSR count). The maximum Gasteiger partial charge on any atom is 0.339 e. The first-order chi connectivity index (χ1) is 9.24. The van der Waals surface area contributed by atoms with Gasteiger partial charge >= 0.3 is 5.97 Å². The summed E-state index contributed by atoms with van der Waals surface area (Å²) in [6.07, 6.45) is -0.354. The smallest absolute Gasteiger partial charge is 0.339 e. The van der Waals surface area contributed by atoms with Crippen molar-refractivity contribution in [3.05, 3.63) is 69.7 Å². The lowest BCUT2D eigenvalue weighted by molar-refractivity contribution is 0.0237. The van der Waals surface area contributed by atoms with Crippen LogP contribution >= 0.6 is 15.9 Å². The molecule has 1 heterocycles. The maximum absolute atomic E-state index is 12.0. The second-order valence-electron chi connectivity index (χ2n) is 4.37. The van der Waals surface area contributed by atoms with Crippen molar-refractivity contribution in [2.75, 3.05) is 0 Å². The Morgan fingerprint density at radius 3 is 2.68 bits per heavy atom. The van der Waals surface area contributed by atoms with Crippen LogP contribution in [-0.2, 0) is 11.3 Å². The van der Waals surface area contributed by atoms with Crippen LogP contribution < -0.4 is 5.32 Å². The summed E-state index contributed by atoms with van der Waals surface area (Å²) in [5, 5.41) is 3.18. The van der Waals surface area contributed by atoms with Crippen LogP contribution in [0.5, 0.6) is 0 Å². The van der Waals surface area contributed by atoms with Gasteiger partial charge in [-0.05, 0) is 29.8 Å². The maximum atomic E-state index is 12.0. The first kappa shape index (κ1) is 12.4. The van der Waals surface area contributed by atoms with Crippen molar-refractivity contribution in [2.45, 2.75) is 12.8 Å². The van der Waals surface area contributed by atoms with Crippen LogP contribution in [0.25, 0.3) is 0 Å².